The highest BCUT2D eigenvalue weighted by Crippen LogP contribution is 2.20. The van der Waals surface area contributed by atoms with E-state index >= 15 is 0 Å². The molecule has 1 N–H and O–H groups in total. The fourth-order valence-electron chi connectivity index (χ4n) is 2.09. The molecule has 2 aromatic heterocycles. The first kappa shape index (κ1) is 15.3. The number of nitrogens with one attached hydrogen (secondary N) is 1. The number of rotatable bonds is 5. The molecule has 0 aliphatic carbocycles. The molecule has 0 aliphatic heterocycles. The second-order valence-electron chi connectivity index (χ2n) is 5.13. The lowest BCUT2D eigenvalue weighted by molar-refractivity contribution is 0.416. The Balaban J connectivity index is 1.88. The van der Waals surface area contributed by atoms with Crippen LogP contribution >= 0.6 is 0 Å². The summed E-state index contributed by atoms with van der Waals surface area (Å²) in [4.78, 5) is 4.24. The van der Waals surface area contributed by atoms with Crippen LogP contribution in [0.1, 0.15) is 12.7 Å². The van der Waals surface area contributed by atoms with Gasteiger partial charge in [-0.1, -0.05) is 11.2 Å². The molecule has 0 saturated carbocycles. The lowest BCUT2D eigenvalue weighted by atomic mass is 10.2. The zero-order valence-corrected chi connectivity index (χ0v) is 12.6. The second kappa shape index (κ2) is 6.25. The third-order valence-electron chi connectivity index (χ3n) is 3.42. The van der Waals surface area contributed by atoms with E-state index in [0.717, 1.165) is 4.68 Å². The molecule has 0 fully saturated rings. The SMILES string of the molecule is CNC(C)Cc1noc(-c2ccn(-c3c(F)cccc3F)n2)n1. The van der Waals surface area contributed by atoms with Gasteiger partial charge in [-0.15, -0.1) is 0 Å². The van der Waals surface area contributed by atoms with E-state index in [2.05, 4.69) is 20.6 Å². The molecule has 120 valence electrons. The van der Waals surface area contributed by atoms with Gasteiger partial charge in [0, 0.05) is 18.7 Å². The van der Waals surface area contributed by atoms with Crippen molar-refractivity contribution in [3.05, 3.63) is 47.9 Å². The summed E-state index contributed by atoms with van der Waals surface area (Å²) < 4.78 is 33.8. The van der Waals surface area contributed by atoms with Crippen LogP contribution in [0.3, 0.4) is 0 Å². The number of aromatic nitrogens is 4. The van der Waals surface area contributed by atoms with Gasteiger partial charge in [-0.25, -0.2) is 13.5 Å². The summed E-state index contributed by atoms with van der Waals surface area (Å²) in [6.07, 6.45) is 2.04. The Morgan fingerprint density at radius 2 is 2.00 bits per heavy atom. The van der Waals surface area contributed by atoms with Crippen molar-refractivity contribution in [3.63, 3.8) is 0 Å². The van der Waals surface area contributed by atoms with Crippen LogP contribution in [-0.2, 0) is 6.42 Å². The van der Waals surface area contributed by atoms with Crippen molar-refractivity contribution in [1.82, 2.24) is 25.2 Å². The summed E-state index contributed by atoms with van der Waals surface area (Å²) in [6.45, 7) is 1.99. The number of hydrogen-bond donors (Lipinski definition) is 1. The summed E-state index contributed by atoms with van der Waals surface area (Å²) in [6, 6.07) is 5.40. The van der Waals surface area contributed by atoms with Crippen LogP contribution < -0.4 is 5.32 Å². The van der Waals surface area contributed by atoms with Gasteiger partial charge in [-0.05, 0) is 32.2 Å². The average Bonchev–Trinajstić information content (AvgIpc) is 3.16. The topological polar surface area (TPSA) is 68.8 Å². The maximum Gasteiger partial charge on any atom is 0.278 e. The van der Waals surface area contributed by atoms with Gasteiger partial charge < -0.3 is 9.84 Å². The molecule has 1 aromatic carbocycles. The highest BCUT2D eigenvalue weighted by atomic mass is 19.1. The number of para-hydroxylation sites is 1. The predicted octanol–water partition coefficient (Wildman–Crippen LogP) is 2.35. The van der Waals surface area contributed by atoms with Gasteiger partial charge in [0.05, 0.1) is 0 Å². The highest BCUT2D eigenvalue weighted by molar-refractivity contribution is 5.47. The Bertz CT molecular complexity index is 794. The Morgan fingerprint density at radius 1 is 1.26 bits per heavy atom. The minimum absolute atomic E-state index is 0.200. The third-order valence-corrected chi connectivity index (χ3v) is 3.42. The second-order valence-corrected chi connectivity index (χ2v) is 5.13. The average molecular weight is 319 g/mol. The summed E-state index contributed by atoms with van der Waals surface area (Å²) in [5, 5.41) is 11.1. The van der Waals surface area contributed by atoms with Gasteiger partial charge >= 0.3 is 0 Å². The number of nitrogens with zero attached hydrogens (tertiary/aromatic N) is 4. The van der Waals surface area contributed by atoms with Gasteiger partial charge in [0.2, 0.25) is 0 Å². The van der Waals surface area contributed by atoms with Crippen LogP contribution in [-0.4, -0.2) is 33.0 Å². The molecule has 1 atom stereocenters. The third kappa shape index (κ3) is 3.11. The van der Waals surface area contributed by atoms with Gasteiger partial charge in [-0.2, -0.15) is 10.1 Å². The molecule has 0 aliphatic rings. The Hall–Kier alpha value is -2.61. The molecule has 3 rings (SSSR count). The first-order valence-electron chi connectivity index (χ1n) is 7.08. The minimum Gasteiger partial charge on any atom is -0.332 e. The van der Waals surface area contributed by atoms with Crippen LogP contribution in [0.15, 0.2) is 35.0 Å². The van der Waals surface area contributed by atoms with Crippen molar-refractivity contribution in [2.45, 2.75) is 19.4 Å². The maximum atomic E-state index is 13.8. The molecule has 0 spiro atoms. The Kier molecular flexibility index (Phi) is 4.16. The quantitative estimate of drug-likeness (QED) is 0.782. The first-order chi connectivity index (χ1) is 11.1. The van der Waals surface area contributed by atoms with Crippen molar-refractivity contribution < 1.29 is 13.3 Å². The molecule has 0 bridgehead atoms. The number of hydrogen-bond acceptors (Lipinski definition) is 5. The van der Waals surface area contributed by atoms with Crippen LogP contribution in [0.25, 0.3) is 17.3 Å². The van der Waals surface area contributed by atoms with E-state index < -0.39 is 11.6 Å². The van der Waals surface area contributed by atoms with E-state index in [0.29, 0.717) is 17.9 Å². The summed E-state index contributed by atoms with van der Waals surface area (Å²) in [5.41, 5.74) is 0.103. The largest absolute Gasteiger partial charge is 0.332 e. The van der Waals surface area contributed by atoms with Crippen LogP contribution in [0.2, 0.25) is 0 Å². The summed E-state index contributed by atoms with van der Waals surface area (Å²) in [5.74, 6) is -0.658. The molecule has 23 heavy (non-hydrogen) atoms. The normalized spacial score (nSPS) is 12.5. The van der Waals surface area contributed by atoms with Crippen molar-refractivity contribution in [1.29, 1.82) is 0 Å². The fourth-order valence-corrected chi connectivity index (χ4v) is 2.09. The molecule has 6 nitrogen and oxygen atoms in total. The molecule has 2 heterocycles. The molecular weight excluding hydrogens is 304 g/mol. The minimum atomic E-state index is -0.700. The van der Waals surface area contributed by atoms with E-state index in [-0.39, 0.29) is 17.6 Å². The highest BCUT2D eigenvalue weighted by Gasteiger charge is 2.16. The monoisotopic (exact) mass is 319 g/mol. The zero-order valence-electron chi connectivity index (χ0n) is 12.6. The molecule has 1 unspecified atom stereocenters. The van der Waals surface area contributed by atoms with Crippen molar-refractivity contribution >= 4 is 0 Å². The Morgan fingerprint density at radius 3 is 2.70 bits per heavy atom. The number of likely N-dealkylation sites (N-methyl/N-ethyl adjacent to an activating group) is 1. The molecule has 8 heteroatoms. The van der Waals surface area contributed by atoms with Crippen LogP contribution in [0.5, 0.6) is 0 Å². The predicted molar refractivity (Wildman–Crippen MR) is 79.0 cm³/mol. The van der Waals surface area contributed by atoms with E-state index in [1.807, 2.05) is 14.0 Å². The van der Waals surface area contributed by atoms with Gasteiger partial charge in [-0.3, -0.25) is 0 Å². The first-order valence-corrected chi connectivity index (χ1v) is 7.08. The maximum absolute atomic E-state index is 13.8. The molecular formula is C15H15F2N5O. The van der Waals surface area contributed by atoms with E-state index in [1.54, 1.807) is 6.07 Å². The summed E-state index contributed by atoms with van der Waals surface area (Å²) >= 11 is 0. The standard InChI is InChI=1S/C15H15F2N5O/c1-9(18-2)8-13-19-15(23-21-13)12-6-7-22(20-12)14-10(16)4-3-5-11(14)17/h3-7,9,18H,8H2,1-2H3. The number of halogens is 2. The smallest absolute Gasteiger partial charge is 0.278 e. The summed E-state index contributed by atoms with van der Waals surface area (Å²) in [7, 11) is 1.84. The van der Waals surface area contributed by atoms with E-state index in [9.17, 15) is 8.78 Å². The zero-order chi connectivity index (χ0) is 16.4. The van der Waals surface area contributed by atoms with Gasteiger partial charge in [0.25, 0.3) is 5.89 Å². The van der Waals surface area contributed by atoms with Crippen LogP contribution in [0, 0.1) is 11.6 Å². The molecule has 0 saturated heterocycles. The molecule has 0 radical (unpaired) electrons. The molecule has 3 aromatic rings. The molecule has 0 amide bonds. The van der Waals surface area contributed by atoms with Crippen molar-refractivity contribution in [3.8, 4) is 17.3 Å². The van der Waals surface area contributed by atoms with Crippen molar-refractivity contribution in [2.24, 2.45) is 0 Å². The fraction of sp³-hybridized carbons (Fsp3) is 0.267. The lowest BCUT2D eigenvalue weighted by Crippen LogP contribution is -2.24. The van der Waals surface area contributed by atoms with Crippen molar-refractivity contribution in [2.75, 3.05) is 7.05 Å². The van der Waals surface area contributed by atoms with Gasteiger partial charge in [0.15, 0.2) is 23.2 Å². The Labute approximate surface area is 131 Å². The van der Waals surface area contributed by atoms with Crippen LogP contribution in [0.4, 0.5) is 8.78 Å². The lowest BCUT2D eigenvalue weighted by Gasteiger charge is -2.04. The van der Waals surface area contributed by atoms with E-state index in [1.165, 1.54) is 24.4 Å². The van der Waals surface area contributed by atoms with E-state index in [4.69, 9.17) is 4.52 Å². The number of benzene rings is 1. The van der Waals surface area contributed by atoms with Gasteiger partial charge in [0.1, 0.15) is 5.69 Å².